The minimum atomic E-state index is -0.252. The van der Waals surface area contributed by atoms with Gasteiger partial charge >= 0.3 is 0 Å². The fourth-order valence-electron chi connectivity index (χ4n) is 4.55. The van der Waals surface area contributed by atoms with Crippen LogP contribution in [0.5, 0.6) is 0 Å². The van der Waals surface area contributed by atoms with E-state index >= 15 is 0 Å². The zero-order valence-electron chi connectivity index (χ0n) is 17.3. The van der Waals surface area contributed by atoms with Gasteiger partial charge in [0, 0.05) is 32.7 Å². The van der Waals surface area contributed by atoms with Crippen molar-refractivity contribution in [1.82, 2.24) is 9.80 Å². The standard InChI is InChI=1S/C24H28F2N2O2/c1-17-12-19(4-7-23(17)26)20-13-21(24(29)28-8-10-30-11-9-28)16-27(15-20)14-18-2-5-22(25)6-3-18/h2-7,12,20-21H,8-11,13-16H2,1H3/t20-,21+/m0/s1. The summed E-state index contributed by atoms with van der Waals surface area (Å²) in [5, 5.41) is 0. The minimum Gasteiger partial charge on any atom is -0.378 e. The molecule has 0 aliphatic carbocycles. The van der Waals surface area contributed by atoms with Crippen molar-refractivity contribution < 1.29 is 18.3 Å². The average Bonchev–Trinajstić information content (AvgIpc) is 2.77. The Bertz CT molecular complexity index is 881. The lowest BCUT2D eigenvalue weighted by atomic mass is 9.83. The molecular weight excluding hydrogens is 386 g/mol. The van der Waals surface area contributed by atoms with Crippen molar-refractivity contribution in [3.8, 4) is 0 Å². The van der Waals surface area contributed by atoms with Gasteiger partial charge in [-0.25, -0.2) is 8.78 Å². The number of likely N-dealkylation sites (tertiary alicyclic amines) is 1. The van der Waals surface area contributed by atoms with Gasteiger partial charge in [-0.05, 0) is 54.2 Å². The molecule has 0 N–H and O–H groups in total. The fraction of sp³-hybridized carbons (Fsp3) is 0.458. The van der Waals surface area contributed by atoms with Crippen LogP contribution in [0.4, 0.5) is 8.78 Å². The van der Waals surface area contributed by atoms with Crippen molar-refractivity contribution in [2.24, 2.45) is 5.92 Å². The van der Waals surface area contributed by atoms with Gasteiger partial charge in [-0.3, -0.25) is 9.69 Å². The number of amides is 1. The molecule has 0 saturated carbocycles. The summed E-state index contributed by atoms with van der Waals surface area (Å²) in [4.78, 5) is 17.4. The normalized spacial score (nSPS) is 22.8. The monoisotopic (exact) mass is 414 g/mol. The smallest absolute Gasteiger partial charge is 0.227 e. The van der Waals surface area contributed by atoms with Crippen LogP contribution >= 0.6 is 0 Å². The molecule has 0 radical (unpaired) electrons. The first-order valence-corrected chi connectivity index (χ1v) is 10.6. The molecule has 4 nitrogen and oxygen atoms in total. The number of carbonyl (C=O) groups is 1. The predicted molar refractivity (Wildman–Crippen MR) is 111 cm³/mol. The van der Waals surface area contributed by atoms with Gasteiger partial charge in [-0.15, -0.1) is 0 Å². The second-order valence-corrected chi connectivity index (χ2v) is 8.40. The number of benzene rings is 2. The molecule has 1 amide bonds. The zero-order valence-corrected chi connectivity index (χ0v) is 17.3. The zero-order chi connectivity index (χ0) is 21.1. The average molecular weight is 414 g/mol. The number of carbonyl (C=O) groups excluding carboxylic acids is 1. The number of rotatable bonds is 4. The maximum absolute atomic E-state index is 13.8. The van der Waals surface area contributed by atoms with E-state index in [0.29, 0.717) is 45.0 Å². The van der Waals surface area contributed by atoms with Crippen LogP contribution in [-0.4, -0.2) is 55.1 Å². The molecule has 2 heterocycles. The van der Waals surface area contributed by atoms with Crippen molar-refractivity contribution in [3.05, 3.63) is 70.8 Å². The molecule has 160 valence electrons. The molecule has 0 unspecified atom stereocenters. The summed E-state index contributed by atoms with van der Waals surface area (Å²) in [5.74, 6) is -0.261. The largest absolute Gasteiger partial charge is 0.378 e. The first-order chi connectivity index (χ1) is 14.5. The highest BCUT2D eigenvalue weighted by molar-refractivity contribution is 5.79. The van der Waals surface area contributed by atoms with Crippen LogP contribution in [0.2, 0.25) is 0 Å². The molecule has 4 rings (SSSR count). The van der Waals surface area contributed by atoms with Crippen molar-refractivity contribution in [2.45, 2.75) is 25.8 Å². The lowest BCUT2D eigenvalue weighted by Crippen LogP contribution is -2.49. The van der Waals surface area contributed by atoms with Crippen LogP contribution in [0, 0.1) is 24.5 Å². The lowest BCUT2D eigenvalue weighted by Gasteiger charge is -2.40. The SMILES string of the molecule is Cc1cc([C@H]2C[C@@H](C(=O)N3CCOCC3)CN(Cc3ccc(F)cc3)C2)ccc1F. The van der Waals surface area contributed by atoms with Gasteiger partial charge in [-0.2, -0.15) is 0 Å². The van der Waals surface area contributed by atoms with Crippen LogP contribution in [0.25, 0.3) is 0 Å². The Morgan fingerprint density at radius 3 is 2.50 bits per heavy atom. The quantitative estimate of drug-likeness (QED) is 0.764. The Hall–Kier alpha value is -2.31. The Labute approximate surface area is 176 Å². The number of nitrogens with zero attached hydrogens (tertiary/aromatic N) is 2. The molecule has 0 bridgehead atoms. The van der Waals surface area contributed by atoms with Crippen molar-refractivity contribution in [2.75, 3.05) is 39.4 Å². The van der Waals surface area contributed by atoms with Gasteiger partial charge in [0.1, 0.15) is 11.6 Å². The summed E-state index contributed by atoms with van der Waals surface area (Å²) in [6.07, 6.45) is 0.751. The van der Waals surface area contributed by atoms with Crippen LogP contribution < -0.4 is 0 Å². The Morgan fingerprint density at radius 1 is 1.07 bits per heavy atom. The molecule has 2 aromatic carbocycles. The Kier molecular flexibility index (Phi) is 6.44. The first-order valence-electron chi connectivity index (χ1n) is 10.6. The number of piperidine rings is 1. The maximum Gasteiger partial charge on any atom is 0.227 e. The molecule has 2 aliphatic rings. The third-order valence-electron chi connectivity index (χ3n) is 6.17. The maximum atomic E-state index is 13.8. The molecule has 2 aliphatic heterocycles. The molecular formula is C24H28F2N2O2. The molecule has 0 spiro atoms. The molecule has 2 saturated heterocycles. The van der Waals surface area contributed by atoms with Crippen LogP contribution in [0.1, 0.15) is 29.0 Å². The van der Waals surface area contributed by atoms with E-state index < -0.39 is 0 Å². The fourth-order valence-corrected chi connectivity index (χ4v) is 4.55. The van der Waals surface area contributed by atoms with E-state index in [1.165, 1.54) is 18.2 Å². The summed E-state index contributed by atoms with van der Waals surface area (Å²) in [6, 6.07) is 11.8. The Balaban J connectivity index is 1.55. The molecule has 6 heteroatoms. The summed E-state index contributed by atoms with van der Waals surface area (Å²) in [7, 11) is 0. The van der Waals surface area contributed by atoms with E-state index in [1.807, 2.05) is 17.0 Å². The second-order valence-electron chi connectivity index (χ2n) is 8.40. The molecule has 0 aromatic heterocycles. The van der Waals surface area contributed by atoms with Gasteiger partial charge in [0.05, 0.1) is 19.1 Å². The van der Waals surface area contributed by atoms with E-state index in [9.17, 15) is 13.6 Å². The van der Waals surface area contributed by atoms with E-state index in [0.717, 1.165) is 24.1 Å². The van der Waals surface area contributed by atoms with E-state index in [4.69, 9.17) is 4.74 Å². The number of aryl methyl sites for hydroxylation is 1. The van der Waals surface area contributed by atoms with Crippen molar-refractivity contribution >= 4 is 5.91 Å². The number of morpholine rings is 1. The van der Waals surface area contributed by atoms with Crippen molar-refractivity contribution in [3.63, 3.8) is 0 Å². The number of halogens is 2. The van der Waals surface area contributed by atoms with E-state index in [-0.39, 0.29) is 29.4 Å². The number of hydrogen-bond donors (Lipinski definition) is 0. The summed E-state index contributed by atoms with van der Waals surface area (Å²) in [6.45, 7) is 6.32. The highest BCUT2D eigenvalue weighted by atomic mass is 19.1. The van der Waals surface area contributed by atoms with E-state index in [2.05, 4.69) is 4.90 Å². The first kappa shape index (κ1) is 20.9. The summed E-state index contributed by atoms with van der Waals surface area (Å²) in [5.41, 5.74) is 2.71. The van der Waals surface area contributed by atoms with Crippen molar-refractivity contribution in [1.29, 1.82) is 0 Å². The van der Waals surface area contributed by atoms with Crippen LogP contribution in [0.3, 0.4) is 0 Å². The molecule has 2 fully saturated rings. The lowest BCUT2D eigenvalue weighted by molar-refractivity contribution is -0.141. The van der Waals surface area contributed by atoms with Gasteiger partial charge in [0.2, 0.25) is 5.91 Å². The van der Waals surface area contributed by atoms with Gasteiger partial charge in [0.25, 0.3) is 0 Å². The van der Waals surface area contributed by atoms with Crippen LogP contribution in [0.15, 0.2) is 42.5 Å². The highest BCUT2D eigenvalue weighted by Gasteiger charge is 2.35. The number of hydrogen-bond acceptors (Lipinski definition) is 3. The van der Waals surface area contributed by atoms with Gasteiger partial charge in [-0.1, -0.05) is 24.3 Å². The van der Waals surface area contributed by atoms with Gasteiger partial charge < -0.3 is 9.64 Å². The summed E-state index contributed by atoms with van der Waals surface area (Å²) < 4.78 is 32.5. The van der Waals surface area contributed by atoms with Gasteiger partial charge in [0.15, 0.2) is 0 Å². The highest BCUT2D eigenvalue weighted by Crippen LogP contribution is 2.33. The Morgan fingerprint density at radius 2 is 1.80 bits per heavy atom. The number of ether oxygens (including phenoxy) is 1. The minimum absolute atomic E-state index is 0.118. The third-order valence-corrected chi connectivity index (χ3v) is 6.17. The third kappa shape index (κ3) is 4.87. The topological polar surface area (TPSA) is 32.8 Å². The predicted octanol–water partition coefficient (Wildman–Crippen LogP) is 3.74. The molecule has 2 aromatic rings. The second kappa shape index (κ2) is 9.23. The molecule has 30 heavy (non-hydrogen) atoms. The summed E-state index contributed by atoms with van der Waals surface area (Å²) >= 11 is 0. The van der Waals surface area contributed by atoms with Crippen LogP contribution in [-0.2, 0) is 16.1 Å². The molecule has 2 atom stereocenters. The van der Waals surface area contributed by atoms with E-state index in [1.54, 1.807) is 19.1 Å².